The SMILES string of the molecule is CCOc1ccc(NC(=O)[C@@H]2[C@@H]3CCC4(O3)C(C(=O)Nc3c(C)cccc3C)N([C@@H](CC)CO)C(=O)[C@H]24)cc1. The van der Waals surface area contributed by atoms with Crippen molar-refractivity contribution in [3.63, 3.8) is 0 Å². The first-order valence-electron chi connectivity index (χ1n) is 13.8. The number of carbonyl (C=O) groups is 3. The van der Waals surface area contributed by atoms with E-state index in [1.165, 1.54) is 4.90 Å². The molecule has 3 heterocycles. The molecule has 5 rings (SSSR count). The van der Waals surface area contributed by atoms with E-state index in [0.29, 0.717) is 43.0 Å². The van der Waals surface area contributed by atoms with Gasteiger partial charge in [-0.25, -0.2) is 0 Å². The van der Waals surface area contributed by atoms with E-state index < -0.39 is 35.6 Å². The molecule has 3 aliphatic heterocycles. The van der Waals surface area contributed by atoms with E-state index >= 15 is 0 Å². The van der Waals surface area contributed by atoms with Crippen molar-refractivity contribution in [1.29, 1.82) is 0 Å². The highest BCUT2D eigenvalue weighted by atomic mass is 16.5. The lowest BCUT2D eigenvalue weighted by atomic mass is 9.70. The number of para-hydroxylation sites is 1. The number of carbonyl (C=O) groups excluding carboxylic acids is 3. The van der Waals surface area contributed by atoms with Gasteiger partial charge in [0.25, 0.3) is 0 Å². The minimum Gasteiger partial charge on any atom is -0.494 e. The highest BCUT2D eigenvalue weighted by Crippen LogP contribution is 2.59. The van der Waals surface area contributed by atoms with Gasteiger partial charge in [0.05, 0.1) is 37.2 Å². The summed E-state index contributed by atoms with van der Waals surface area (Å²) in [5.74, 6) is -1.83. The van der Waals surface area contributed by atoms with E-state index in [1.54, 1.807) is 24.3 Å². The number of benzene rings is 2. The van der Waals surface area contributed by atoms with Crippen molar-refractivity contribution in [3.05, 3.63) is 53.6 Å². The highest BCUT2D eigenvalue weighted by Gasteiger charge is 2.75. The molecule has 0 saturated carbocycles. The molecule has 3 N–H and O–H groups in total. The maximum Gasteiger partial charge on any atom is 0.250 e. The van der Waals surface area contributed by atoms with E-state index in [0.717, 1.165) is 11.1 Å². The Morgan fingerprint density at radius 3 is 2.41 bits per heavy atom. The Balaban J connectivity index is 1.47. The zero-order valence-corrected chi connectivity index (χ0v) is 22.9. The van der Waals surface area contributed by atoms with Gasteiger partial charge in [0.15, 0.2) is 0 Å². The summed E-state index contributed by atoms with van der Waals surface area (Å²) in [6.45, 7) is 7.86. The van der Waals surface area contributed by atoms with Crippen LogP contribution in [0.5, 0.6) is 5.75 Å². The second kappa shape index (κ2) is 10.6. The topological polar surface area (TPSA) is 117 Å². The Kier molecular flexibility index (Phi) is 7.39. The monoisotopic (exact) mass is 535 g/mol. The number of anilines is 2. The molecule has 3 fully saturated rings. The zero-order valence-electron chi connectivity index (χ0n) is 22.9. The highest BCUT2D eigenvalue weighted by molar-refractivity contribution is 6.05. The smallest absolute Gasteiger partial charge is 0.250 e. The van der Waals surface area contributed by atoms with Crippen molar-refractivity contribution in [3.8, 4) is 5.75 Å². The second-order valence-electron chi connectivity index (χ2n) is 10.7. The summed E-state index contributed by atoms with van der Waals surface area (Å²) < 4.78 is 12.0. The predicted octanol–water partition coefficient (Wildman–Crippen LogP) is 3.42. The Morgan fingerprint density at radius 2 is 1.79 bits per heavy atom. The minimum atomic E-state index is -1.13. The number of aliphatic hydroxyl groups excluding tert-OH is 1. The largest absolute Gasteiger partial charge is 0.494 e. The van der Waals surface area contributed by atoms with Gasteiger partial charge in [0, 0.05) is 11.4 Å². The molecule has 0 aliphatic carbocycles. The van der Waals surface area contributed by atoms with Crippen LogP contribution in [0.15, 0.2) is 42.5 Å². The normalized spacial score (nSPS) is 27.8. The van der Waals surface area contributed by atoms with Crippen LogP contribution in [0.2, 0.25) is 0 Å². The lowest BCUT2D eigenvalue weighted by Gasteiger charge is -2.36. The van der Waals surface area contributed by atoms with Gasteiger partial charge in [-0.1, -0.05) is 25.1 Å². The fraction of sp³-hybridized carbons (Fsp3) is 0.500. The standard InChI is InChI=1S/C30H37N3O6/c1-5-20(16-34)33-26(28(36)32-25-17(3)8-7-9-18(25)4)30-15-14-22(39-30)23(24(30)29(33)37)27(35)31-19-10-12-21(13-11-19)38-6-2/h7-13,20,22-24,26,34H,5-6,14-16H2,1-4H3,(H,31,35)(H,32,36)/t20-,22-,23+,24-,26?,30?/m0/s1. The van der Waals surface area contributed by atoms with Crippen LogP contribution in [0.1, 0.15) is 44.2 Å². The lowest BCUT2D eigenvalue weighted by Crippen LogP contribution is -2.56. The van der Waals surface area contributed by atoms with Gasteiger partial charge in [-0.2, -0.15) is 0 Å². The van der Waals surface area contributed by atoms with Gasteiger partial charge in [0.1, 0.15) is 17.4 Å². The molecule has 0 aromatic heterocycles. The van der Waals surface area contributed by atoms with Crippen LogP contribution in [0.3, 0.4) is 0 Å². The van der Waals surface area contributed by atoms with Crippen molar-refractivity contribution in [2.24, 2.45) is 11.8 Å². The van der Waals surface area contributed by atoms with Gasteiger partial charge in [0.2, 0.25) is 17.7 Å². The third-order valence-electron chi connectivity index (χ3n) is 8.53. The van der Waals surface area contributed by atoms with Gasteiger partial charge in [-0.15, -0.1) is 0 Å². The molecule has 39 heavy (non-hydrogen) atoms. The molecule has 1 spiro atoms. The van der Waals surface area contributed by atoms with Crippen molar-refractivity contribution in [1.82, 2.24) is 4.90 Å². The molecule has 3 aliphatic rings. The second-order valence-corrected chi connectivity index (χ2v) is 10.7. The van der Waals surface area contributed by atoms with Crippen LogP contribution >= 0.6 is 0 Å². The third kappa shape index (κ3) is 4.47. The number of likely N-dealkylation sites (tertiary alicyclic amines) is 1. The molecule has 2 aromatic carbocycles. The van der Waals surface area contributed by atoms with E-state index in [1.807, 2.05) is 45.9 Å². The summed E-state index contributed by atoms with van der Waals surface area (Å²) in [7, 11) is 0. The number of nitrogens with zero attached hydrogens (tertiary/aromatic N) is 1. The molecule has 2 unspecified atom stereocenters. The molecule has 6 atom stereocenters. The first kappa shape index (κ1) is 27.1. The maximum atomic E-state index is 14.1. The number of ether oxygens (including phenoxy) is 2. The summed E-state index contributed by atoms with van der Waals surface area (Å²) in [4.78, 5) is 43.2. The molecule has 9 heteroatoms. The molecule has 208 valence electrons. The lowest BCUT2D eigenvalue weighted by molar-refractivity contribution is -0.143. The first-order valence-corrected chi connectivity index (χ1v) is 13.8. The van der Waals surface area contributed by atoms with E-state index in [-0.39, 0.29) is 24.3 Å². The van der Waals surface area contributed by atoms with Crippen molar-refractivity contribution in [2.75, 3.05) is 23.8 Å². The summed E-state index contributed by atoms with van der Waals surface area (Å²) >= 11 is 0. The maximum absolute atomic E-state index is 14.1. The summed E-state index contributed by atoms with van der Waals surface area (Å²) in [6.07, 6.45) is 1.06. The summed E-state index contributed by atoms with van der Waals surface area (Å²) in [5, 5.41) is 16.2. The average molecular weight is 536 g/mol. The fourth-order valence-electron chi connectivity index (χ4n) is 6.73. The van der Waals surface area contributed by atoms with Gasteiger partial charge in [-0.3, -0.25) is 14.4 Å². The number of fused-ring (bicyclic) bond motifs is 1. The van der Waals surface area contributed by atoms with Crippen LogP contribution in [0, 0.1) is 25.7 Å². The van der Waals surface area contributed by atoms with Gasteiger partial charge in [-0.05, 0) is 75.4 Å². The number of aryl methyl sites for hydroxylation is 2. The number of hydrogen-bond acceptors (Lipinski definition) is 6. The van der Waals surface area contributed by atoms with Crippen molar-refractivity contribution >= 4 is 29.1 Å². The number of amides is 3. The summed E-state index contributed by atoms with van der Waals surface area (Å²) in [6, 6.07) is 11.3. The predicted molar refractivity (Wildman–Crippen MR) is 146 cm³/mol. The van der Waals surface area contributed by atoms with Crippen LogP contribution in [-0.2, 0) is 19.1 Å². The third-order valence-corrected chi connectivity index (χ3v) is 8.53. The average Bonchev–Trinajstić information content (AvgIpc) is 3.56. The Labute approximate surface area is 228 Å². The summed E-state index contributed by atoms with van der Waals surface area (Å²) in [5.41, 5.74) is 1.97. The van der Waals surface area contributed by atoms with E-state index in [4.69, 9.17) is 9.47 Å². The minimum absolute atomic E-state index is 0.287. The Morgan fingerprint density at radius 1 is 1.10 bits per heavy atom. The first-order chi connectivity index (χ1) is 18.7. The van der Waals surface area contributed by atoms with Crippen molar-refractivity contribution in [2.45, 2.75) is 70.7 Å². The molecule has 9 nitrogen and oxygen atoms in total. The quantitative estimate of drug-likeness (QED) is 0.453. The number of hydrogen-bond donors (Lipinski definition) is 3. The number of aliphatic hydroxyl groups is 1. The van der Waals surface area contributed by atoms with E-state index in [9.17, 15) is 19.5 Å². The van der Waals surface area contributed by atoms with Crippen LogP contribution in [0.25, 0.3) is 0 Å². The fourth-order valence-corrected chi connectivity index (χ4v) is 6.73. The van der Waals surface area contributed by atoms with E-state index in [2.05, 4.69) is 10.6 Å². The molecule has 0 radical (unpaired) electrons. The molecule has 3 amide bonds. The van der Waals surface area contributed by atoms with Crippen LogP contribution in [-0.4, -0.2) is 64.7 Å². The number of nitrogens with one attached hydrogen (secondary N) is 2. The van der Waals surface area contributed by atoms with Gasteiger partial charge >= 0.3 is 0 Å². The molecule has 3 saturated heterocycles. The van der Waals surface area contributed by atoms with Gasteiger partial charge < -0.3 is 30.1 Å². The molecular formula is C30H37N3O6. The van der Waals surface area contributed by atoms with Crippen molar-refractivity contribution < 1.29 is 29.0 Å². The number of rotatable bonds is 9. The zero-order chi connectivity index (χ0) is 27.9. The van der Waals surface area contributed by atoms with Crippen LogP contribution in [0.4, 0.5) is 11.4 Å². The Hall–Kier alpha value is -3.43. The molecule has 2 bridgehead atoms. The van der Waals surface area contributed by atoms with Crippen LogP contribution < -0.4 is 15.4 Å². The Bertz CT molecular complexity index is 1240. The molecular weight excluding hydrogens is 498 g/mol. The molecule has 2 aromatic rings.